The van der Waals surface area contributed by atoms with Crippen molar-refractivity contribution in [1.82, 2.24) is 15.6 Å². The minimum atomic E-state index is -0.718. The lowest BCUT2D eigenvalue weighted by Crippen LogP contribution is -2.55. The second-order valence-electron chi connectivity index (χ2n) is 6.04. The molecule has 0 saturated carbocycles. The van der Waals surface area contributed by atoms with E-state index in [2.05, 4.69) is 11.6 Å². The first-order chi connectivity index (χ1) is 13.9. The van der Waals surface area contributed by atoms with Crippen LogP contribution in [0.4, 0.5) is 10.1 Å². The molecule has 1 aromatic rings. The summed E-state index contributed by atoms with van der Waals surface area (Å²) in [6.07, 6.45) is 10.5. The SMILES string of the molecule is C\C=C/C=C(C#N)\C=C\C1C=C(Oc2ccc(F)cc2[N+](=O)[O-])N(CC)NN1C. The normalized spacial score (nSPS) is 18.2. The molecule has 0 aliphatic carbocycles. The predicted molar refractivity (Wildman–Crippen MR) is 106 cm³/mol. The summed E-state index contributed by atoms with van der Waals surface area (Å²) in [5.74, 6) is -0.462. The summed E-state index contributed by atoms with van der Waals surface area (Å²) < 4.78 is 19.1. The van der Waals surface area contributed by atoms with Gasteiger partial charge in [-0.25, -0.2) is 9.40 Å². The minimum absolute atomic E-state index is 0.0686. The van der Waals surface area contributed by atoms with E-state index in [1.807, 2.05) is 27.0 Å². The van der Waals surface area contributed by atoms with Crippen molar-refractivity contribution in [2.24, 2.45) is 0 Å². The first-order valence-corrected chi connectivity index (χ1v) is 8.91. The molecule has 2 rings (SSSR count). The number of nitro benzene ring substituents is 1. The fourth-order valence-corrected chi connectivity index (χ4v) is 2.52. The molecule has 1 aromatic carbocycles. The van der Waals surface area contributed by atoms with E-state index in [0.717, 1.165) is 12.1 Å². The van der Waals surface area contributed by atoms with Crippen LogP contribution in [0.2, 0.25) is 0 Å². The predicted octanol–water partition coefficient (Wildman–Crippen LogP) is 3.59. The van der Waals surface area contributed by atoms with Crippen LogP contribution in [0.15, 0.2) is 66.1 Å². The van der Waals surface area contributed by atoms with E-state index in [4.69, 9.17) is 4.74 Å². The molecule has 29 heavy (non-hydrogen) atoms. The van der Waals surface area contributed by atoms with Gasteiger partial charge in [-0.3, -0.25) is 15.1 Å². The minimum Gasteiger partial charge on any atom is -0.433 e. The number of nitro groups is 1. The second-order valence-corrected chi connectivity index (χ2v) is 6.04. The van der Waals surface area contributed by atoms with Gasteiger partial charge in [-0.05, 0) is 38.1 Å². The topological polar surface area (TPSA) is 94.7 Å². The third-order valence-electron chi connectivity index (χ3n) is 4.02. The average molecular weight is 399 g/mol. The number of nitrogens with zero attached hydrogens (tertiary/aromatic N) is 4. The van der Waals surface area contributed by atoms with Crippen LogP contribution in [0.5, 0.6) is 5.75 Å². The second kappa shape index (κ2) is 10.2. The van der Waals surface area contributed by atoms with Crippen molar-refractivity contribution in [3.05, 3.63) is 82.0 Å². The number of ether oxygens (including phenoxy) is 1. The fraction of sp³-hybridized carbons (Fsp3) is 0.250. The number of nitrogens with one attached hydrogen (secondary N) is 1. The molecule has 0 radical (unpaired) electrons. The maximum absolute atomic E-state index is 13.4. The van der Waals surface area contributed by atoms with E-state index in [9.17, 15) is 19.8 Å². The van der Waals surface area contributed by atoms with Gasteiger partial charge in [0.25, 0.3) is 0 Å². The number of hydrogen-bond acceptors (Lipinski definition) is 7. The highest BCUT2D eigenvalue weighted by molar-refractivity contribution is 5.47. The molecule has 0 saturated heterocycles. The van der Waals surface area contributed by atoms with Gasteiger partial charge in [0.2, 0.25) is 11.6 Å². The van der Waals surface area contributed by atoms with Crippen molar-refractivity contribution in [3.8, 4) is 11.8 Å². The zero-order chi connectivity index (χ0) is 21.4. The highest BCUT2D eigenvalue weighted by Gasteiger charge is 2.26. The van der Waals surface area contributed by atoms with Crippen molar-refractivity contribution >= 4 is 5.69 Å². The van der Waals surface area contributed by atoms with Crippen LogP contribution in [0, 0.1) is 27.3 Å². The van der Waals surface area contributed by atoms with Gasteiger partial charge in [0.05, 0.1) is 28.7 Å². The van der Waals surface area contributed by atoms with Crippen molar-refractivity contribution in [1.29, 1.82) is 5.26 Å². The number of likely N-dealkylation sites (N-methyl/N-ethyl adjacent to an activating group) is 1. The molecule has 1 unspecified atom stereocenters. The summed E-state index contributed by atoms with van der Waals surface area (Å²) in [5.41, 5.74) is 3.10. The van der Waals surface area contributed by atoms with Gasteiger partial charge in [-0.2, -0.15) is 10.8 Å². The zero-order valence-electron chi connectivity index (χ0n) is 16.4. The number of benzene rings is 1. The van der Waals surface area contributed by atoms with Gasteiger partial charge in [-0.1, -0.05) is 18.2 Å². The van der Waals surface area contributed by atoms with Crippen molar-refractivity contribution in [2.45, 2.75) is 19.9 Å². The van der Waals surface area contributed by atoms with Crippen molar-refractivity contribution in [3.63, 3.8) is 0 Å². The summed E-state index contributed by atoms with van der Waals surface area (Å²) in [4.78, 5) is 10.5. The van der Waals surface area contributed by atoms with Crippen molar-refractivity contribution < 1.29 is 14.1 Å². The summed E-state index contributed by atoms with van der Waals surface area (Å²) in [5, 5.41) is 23.9. The van der Waals surface area contributed by atoms with Crippen LogP contribution >= 0.6 is 0 Å². The van der Waals surface area contributed by atoms with Crippen LogP contribution in [-0.2, 0) is 0 Å². The number of halogens is 1. The standard InChI is InChI=1S/C20H22FN5O3/c1-4-6-7-15(14-22)8-10-17-13-20(25(5-2)23-24(17)3)29-19-11-9-16(21)12-18(19)26(27)28/h4,6-13,17,23H,5H2,1-3H3/b6-4-,10-8+,15-7+. The smallest absolute Gasteiger partial charge is 0.314 e. The largest absolute Gasteiger partial charge is 0.433 e. The molecule has 1 aliphatic rings. The van der Waals surface area contributed by atoms with Crippen LogP contribution in [0.1, 0.15) is 13.8 Å². The number of hydrazine groups is 2. The number of hydrogen-bond donors (Lipinski definition) is 1. The Morgan fingerprint density at radius 1 is 1.52 bits per heavy atom. The van der Waals surface area contributed by atoms with Crippen LogP contribution < -0.4 is 10.3 Å². The third-order valence-corrected chi connectivity index (χ3v) is 4.02. The Morgan fingerprint density at radius 2 is 2.28 bits per heavy atom. The molecule has 1 aliphatic heterocycles. The van der Waals surface area contributed by atoms with Gasteiger partial charge in [0, 0.05) is 19.7 Å². The molecular weight excluding hydrogens is 377 g/mol. The molecule has 0 amide bonds. The van der Waals surface area contributed by atoms with E-state index in [1.165, 1.54) is 6.07 Å². The number of allylic oxidation sites excluding steroid dienone is 5. The Bertz CT molecular complexity index is 917. The Morgan fingerprint density at radius 3 is 2.90 bits per heavy atom. The van der Waals surface area contributed by atoms with Gasteiger partial charge in [-0.15, -0.1) is 0 Å². The van der Waals surface area contributed by atoms with Gasteiger partial charge in [0.15, 0.2) is 0 Å². The van der Waals surface area contributed by atoms with E-state index in [1.54, 1.807) is 40.4 Å². The monoisotopic (exact) mass is 399 g/mol. The summed E-state index contributed by atoms with van der Waals surface area (Å²) >= 11 is 0. The molecule has 152 valence electrons. The molecule has 1 heterocycles. The number of rotatable bonds is 7. The zero-order valence-corrected chi connectivity index (χ0v) is 16.4. The molecule has 0 fully saturated rings. The van der Waals surface area contributed by atoms with Crippen LogP contribution in [0.3, 0.4) is 0 Å². The van der Waals surface area contributed by atoms with Gasteiger partial charge < -0.3 is 4.74 Å². The quantitative estimate of drug-likeness (QED) is 0.324. The molecule has 1 N–H and O–H groups in total. The molecular formula is C20H22FN5O3. The summed E-state index contributed by atoms with van der Waals surface area (Å²) in [6.45, 7) is 4.24. The molecule has 0 aromatic heterocycles. The van der Waals surface area contributed by atoms with Gasteiger partial charge in [0.1, 0.15) is 5.82 Å². The van der Waals surface area contributed by atoms with Crippen LogP contribution in [-0.4, -0.2) is 34.6 Å². The van der Waals surface area contributed by atoms with Crippen molar-refractivity contribution in [2.75, 3.05) is 13.6 Å². The van der Waals surface area contributed by atoms with E-state index < -0.39 is 16.4 Å². The Hall–Kier alpha value is -3.48. The first kappa shape index (κ1) is 21.8. The highest BCUT2D eigenvalue weighted by Crippen LogP contribution is 2.30. The average Bonchev–Trinajstić information content (AvgIpc) is 2.70. The Labute approximate surface area is 168 Å². The maximum Gasteiger partial charge on any atom is 0.314 e. The first-order valence-electron chi connectivity index (χ1n) is 8.91. The van der Waals surface area contributed by atoms with E-state index in [0.29, 0.717) is 18.0 Å². The lowest BCUT2D eigenvalue weighted by atomic mass is 10.1. The number of nitriles is 1. The molecule has 0 bridgehead atoms. The Kier molecular flexibility index (Phi) is 7.65. The Balaban J connectivity index is 2.35. The fourth-order valence-electron chi connectivity index (χ4n) is 2.52. The third kappa shape index (κ3) is 5.75. The molecule has 1 atom stereocenters. The molecule has 8 nitrogen and oxygen atoms in total. The molecule has 9 heteroatoms. The lowest BCUT2D eigenvalue weighted by molar-refractivity contribution is -0.386. The molecule has 0 spiro atoms. The van der Waals surface area contributed by atoms with E-state index in [-0.39, 0.29) is 11.8 Å². The lowest BCUT2D eigenvalue weighted by Gasteiger charge is -2.38. The summed E-state index contributed by atoms with van der Waals surface area (Å²) in [6, 6.07) is 4.94. The highest BCUT2D eigenvalue weighted by atomic mass is 19.1. The van der Waals surface area contributed by atoms with Gasteiger partial charge >= 0.3 is 5.69 Å². The maximum atomic E-state index is 13.4. The van der Waals surface area contributed by atoms with Crippen LogP contribution in [0.25, 0.3) is 0 Å². The summed E-state index contributed by atoms with van der Waals surface area (Å²) in [7, 11) is 1.81. The van der Waals surface area contributed by atoms with E-state index >= 15 is 0 Å².